The number of amides is 1. The maximum Gasteiger partial charge on any atom is 0.307 e. The van der Waals surface area contributed by atoms with E-state index < -0.39 is 23.2 Å². The summed E-state index contributed by atoms with van der Waals surface area (Å²) in [6.45, 7) is 4.60. The highest BCUT2D eigenvalue weighted by Gasteiger charge is 2.66. The van der Waals surface area contributed by atoms with Gasteiger partial charge in [0.25, 0.3) is 0 Å². The summed E-state index contributed by atoms with van der Waals surface area (Å²) in [5.41, 5.74) is 1.40. The molecule has 5 heteroatoms. The third kappa shape index (κ3) is 2.20. The molecule has 1 aromatic carbocycles. The fraction of sp³-hybridized carbons (Fsp3) is 0.500. The van der Waals surface area contributed by atoms with Gasteiger partial charge in [-0.05, 0) is 35.1 Å². The fourth-order valence-corrected chi connectivity index (χ4v) is 3.47. The van der Waals surface area contributed by atoms with E-state index in [1.165, 1.54) is 12.1 Å². The van der Waals surface area contributed by atoms with Crippen LogP contribution in [0.25, 0.3) is 0 Å². The van der Waals surface area contributed by atoms with E-state index >= 15 is 0 Å². The molecule has 0 saturated heterocycles. The van der Waals surface area contributed by atoms with Gasteiger partial charge in [0.2, 0.25) is 5.91 Å². The number of nitrogens with zero attached hydrogens (tertiary/aromatic N) is 1. The summed E-state index contributed by atoms with van der Waals surface area (Å²) in [6, 6.07) is 4.61. The van der Waals surface area contributed by atoms with Crippen LogP contribution >= 0.6 is 0 Å². The Bertz CT molecular complexity index is 626. The monoisotopic (exact) mass is 291 g/mol. The minimum Gasteiger partial charge on any atom is -0.481 e. The molecular formula is C16H18FNO3. The Morgan fingerprint density at radius 2 is 2.00 bits per heavy atom. The molecule has 0 spiro atoms. The van der Waals surface area contributed by atoms with Gasteiger partial charge in [0.05, 0.1) is 11.8 Å². The van der Waals surface area contributed by atoms with Crippen molar-refractivity contribution >= 4 is 11.9 Å². The number of aliphatic carboxylic acids is 1. The molecule has 21 heavy (non-hydrogen) atoms. The number of benzene rings is 1. The van der Waals surface area contributed by atoms with Gasteiger partial charge in [-0.3, -0.25) is 9.59 Å². The van der Waals surface area contributed by atoms with E-state index in [1.807, 2.05) is 13.8 Å². The lowest BCUT2D eigenvalue weighted by Crippen LogP contribution is -2.38. The summed E-state index contributed by atoms with van der Waals surface area (Å²) in [4.78, 5) is 25.5. The summed E-state index contributed by atoms with van der Waals surface area (Å²) in [5.74, 6) is -2.31. The van der Waals surface area contributed by atoms with Crippen molar-refractivity contribution in [1.82, 2.24) is 4.90 Å². The van der Waals surface area contributed by atoms with Crippen LogP contribution < -0.4 is 0 Å². The number of carbonyl (C=O) groups excluding carboxylic acids is 1. The maximum atomic E-state index is 13.2. The number of carboxylic acids is 1. The van der Waals surface area contributed by atoms with Crippen LogP contribution in [0.2, 0.25) is 0 Å². The van der Waals surface area contributed by atoms with Gasteiger partial charge in [-0.15, -0.1) is 0 Å². The normalized spacial score (nSPS) is 26.1. The van der Waals surface area contributed by atoms with E-state index in [-0.39, 0.29) is 11.7 Å². The highest BCUT2D eigenvalue weighted by molar-refractivity contribution is 5.91. The van der Waals surface area contributed by atoms with Gasteiger partial charge in [-0.1, -0.05) is 19.9 Å². The molecule has 1 aliphatic heterocycles. The van der Waals surface area contributed by atoms with Crippen molar-refractivity contribution < 1.29 is 19.1 Å². The number of hydrogen-bond donors (Lipinski definition) is 1. The van der Waals surface area contributed by atoms with Crippen LogP contribution in [0.4, 0.5) is 4.39 Å². The van der Waals surface area contributed by atoms with Gasteiger partial charge in [-0.2, -0.15) is 0 Å². The predicted octanol–water partition coefficient (Wildman–Crippen LogP) is 2.07. The number of rotatable bonds is 2. The second-order valence-corrected chi connectivity index (χ2v) is 6.54. The number of halogens is 1. The predicted molar refractivity (Wildman–Crippen MR) is 73.9 cm³/mol. The zero-order valence-corrected chi connectivity index (χ0v) is 12.1. The second-order valence-electron chi connectivity index (χ2n) is 6.54. The molecule has 1 aliphatic carbocycles. The average Bonchev–Trinajstić information content (AvgIpc) is 3.00. The van der Waals surface area contributed by atoms with Crippen molar-refractivity contribution in [2.45, 2.75) is 26.8 Å². The third-order valence-electron chi connectivity index (χ3n) is 4.85. The average molecular weight is 291 g/mol. The van der Waals surface area contributed by atoms with E-state index in [9.17, 15) is 19.1 Å². The largest absolute Gasteiger partial charge is 0.481 e. The molecule has 0 unspecified atom stereocenters. The van der Waals surface area contributed by atoms with Crippen LogP contribution in [0.1, 0.15) is 25.0 Å². The van der Waals surface area contributed by atoms with E-state index in [2.05, 4.69) is 0 Å². The minimum absolute atomic E-state index is 0.0950. The lowest BCUT2D eigenvalue weighted by Gasteiger charge is -2.29. The van der Waals surface area contributed by atoms with Gasteiger partial charge >= 0.3 is 5.97 Å². The molecule has 1 amide bonds. The zero-order chi connectivity index (χ0) is 15.4. The SMILES string of the molecule is CC1(C)[C@H](C(=O)O)[C@@H]1C(=O)N1CCc2cc(F)ccc2C1. The fourth-order valence-electron chi connectivity index (χ4n) is 3.47. The highest BCUT2D eigenvalue weighted by Crippen LogP contribution is 2.59. The number of hydrogen-bond acceptors (Lipinski definition) is 2. The van der Waals surface area contributed by atoms with Crippen molar-refractivity contribution in [1.29, 1.82) is 0 Å². The van der Waals surface area contributed by atoms with Gasteiger partial charge in [-0.25, -0.2) is 4.39 Å². The van der Waals surface area contributed by atoms with Crippen molar-refractivity contribution in [2.24, 2.45) is 17.3 Å². The summed E-state index contributed by atoms with van der Waals surface area (Å²) in [7, 11) is 0. The maximum absolute atomic E-state index is 13.2. The van der Waals surface area contributed by atoms with Crippen LogP contribution in [-0.4, -0.2) is 28.4 Å². The lowest BCUT2D eigenvalue weighted by molar-refractivity contribution is -0.142. The molecule has 112 valence electrons. The van der Waals surface area contributed by atoms with Gasteiger partial charge in [0.15, 0.2) is 0 Å². The first-order valence-corrected chi connectivity index (χ1v) is 7.11. The second kappa shape index (κ2) is 4.55. The Hall–Kier alpha value is -1.91. The molecule has 0 aromatic heterocycles. The molecule has 1 N–H and O–H groups in total. The smallest absolute Gasteiger partial charge is 0.307 e. The number of fused-ring (bicyclic) bond motifs is 1. The molecule has 2 aliphatic rings. The van der Waals surface area contributed by atoms with Crippen molar-refractivity contribution in [2.75, 3.05) is 6.54 Å². The zero-order valence-electron chi connectivity index (χ0n) is 12.1. The Balaban J connectivity index is 1.77. The quantitative estimate of drug-likeness (QED) is 0.907. The van der Waals surface area contributed by atoms with Gasteiger partial charge in [0.1, 0.15) is 5.82 Å². The molecule has 3 rings (SSSR count). The molecule has 1 heterocycles. The Morgan fingerprint density at radius 1 is 1.29 bits per heavy atom. The molecule has 0 radical (unpaired) electrons. The Kier molecular flexibility index (Phi) is 3.04. The van der Waals surface area contributed by atoms with E-state index in [0.717, 1.165) is 11.1 Å². The van der Waals surface area contributed by atoms with Crippen LogP contribution in [0, 0.1) is 23.1 Å². The first-order valence-electron chi connectivity index (χ1n) is 7.11. The molecule has 2 atom stereocenters. The van der Waals surface area contributed by atoms with Crippen molar-refractivity contribution in [3.8, 4) is 0 Å². The molecule has 1 fully saturated rings. The van der Waals surface area contributed by atoms with Crippen molar-refractivity contribution in [3.63, 3.8) is 0 Å². The lowest BCUT2D eigenvalue weighted by atomic mass is 9.99. The summed E-state index contributed by atoms with van der Waals surface area (Å²) >= 11 is 0. The van der Waals surface area contributed by atoms with Crippen molar-refractivity contribution in [3.05, 3.63) is 35.1 Å². The number of carboxylic acid groups (broad SMARTS) is 1. The number of carbonyl (C=O) groups is 2. The van der Waals surface area contributed by atoms with Crippen LogP contribution in [0.3, 0.4) is 0 Å². The molecule has 4 nitrogen and oxygen atoms in total. The van der Waals surface area contributed by atoms with E-state index in [4.69, 9.17) is 0 Å². The first kappa shape index (κ1) is 14.0. The Labute approximate surface area is 122 Å². The van der Waals surface area contributed by atoms with Gasteiger partial charge < -0.3 is 10.0 Å². The van der Waals surface area contributed by atoms with E-state index in [0.29, 0.717) is 19.5 Å². The van der Waals surface area contributed by atoms with Gasteiger partial charge in [0, 0.05) is 13.1 Å². The molecule has 1 saturated carbocycles. The van der Waals surface area contributed by atoms with E-state index in [1.54, 1.807) is 11.0 Å². The van der Waals surface area contributed by atoms with Crippen LogP contribution in [0.5, 0.6) is 0 Å². The third-order valence-corrected chi connectivity index (χ3v) is 4.85. The molecule has 1 aromatic rings. The topological polar surface area (TPSA) is 57.6 Å². The summed E-state index contributed by atoms with van der Waals surface area (Å²) in [6.07, 6.45) is 0.615. The molecule has 0 bridgehead atoms. The van der Waals surface area contributed by atoms with Crippen LogP contribution in [0.15, 0.2) is 18.2 Å². The minimum atomic E-state index is -0.905. The summed E-state index contributed by atoms with van der Waals surface area (Å²) < 4.78 is 13.2. The van der Waals surface area contributed by atoms with Crippen LogP contribution in [-0.2, 0) is 22.6 Å². The summed E-state index contributed by atoms with van der Waals surface area (Å²) in [5, 5.41) is 9.18. The first-order chi connectivity index (χ1) is 9.82. The highest BCUT2D eigenvalue weighted by atomic mass is 19.1. The Morgan fingerprint density at radius 3 is 2.62 bits per heavy atom. The molecular weight excluding hydrogens is 273 g/mol. The standard InChI is InChI=1S/C16H18FNO3/c1-16(2)12(13(16)15(20)21)14(19)18-6-5-9-7-11(17)4-3-10(9)8-18/h3-4,7,12-13H,5-6,8H2,1-2H3,(H,20,21)/t12-,13+/m1/s1.